The topological polar surface area (TPSA) is 71.1 Å². The Morgan fingerprint density at radius 1 is 1.05 bits per heavy atom. The number of ether oxygens (including phenoxy) is 4. The van der Waals surface area contributed by atoms with Crippen LogP contribution in [0.4, 0.5) is 0 Å². The molecule has 0 saturated carbocycles. The van der Waals surface area contributed by atoms with Crippen molar-refractivity contribution < 1.29 is 28.5 Å². The molecule has 0 aromatic heterocycles. The average molecular weight is 290 g/mol. The maximum Gasteiger partial charge on any atom is 0.342 e. The quantitative estimate of drug-likeness (QED) is 0.620. The second-order valence-electron chi connectivity index (χ2n) is 4.06. The summed E-state index contributed by atoms with van der Waals surface area (Å²) in [6, 6.07) is 6.70. The van der Waals surface area contributed by atoms with Crippen LogP contribution in [-0.2, 0) is 23.8 Å². The molecule has 1 aliphatic heterocycles. The van der Waals surface area contributed by atoms with Gasteiger partial charge in [0, 0.05) is 0 Å². The normalized spacial score (nSPS) is 16.0. The van der Waals surface area contributed by atoms with Gasteiger partial charge < -0.3 is 18.9 Å². The van der Waals surface area contributed by atoms with E-state index in [2.05, 4.69) is 0 Å². The van der Waals surface area contributed by atoms with Gasteiger partial charge in [-0.3, -0.25) is 0 Å². The van der Waals surface area contributed by atoms with Gasteiger partial charge in [0.15, 0.2) is 11.5 Å². The van der Waals surface area contributed by atoms with Gasteiger partial charge in [0.2, 0.25) is 0 Å². The molecule has 1 aromatic rings. The molecule has 0 aliphatic carbocycles. The Hall–Kier alpha value is -2.76. The fourth-order valence-electron chi connectivity index (χ4n) is 1.88. The van der Waals surface area contributed by atoms with Gasteiger partial charge >= 0.3 is 11.9 Å². The van der Waals surface area contributed by atoms with Crippen LogP contribution in [0.15, 0.2) is 41.9 Å². The van der Waals surface area contributed by atoms with Crippen molar-refractivity contribution in [3.05, 3.63) is 47.4 Å². The number of hydrogen-bond donors (Lipinski definition) is 0. The van der Waals surface area contributed by atoms with Crippen LogP contribution in [0.5, 0.6) is 5.75 Å². The molecule has 6 heteroatoms. The Labute approximate surface area is 121 Å². The first-order chi connectivity index (χ1) is 10.1. The van der Waals surface area contributed by atoms with Crippen molar-refractivity contribution in [1.29, 1.82) is 0 Å². The van der Waals surface area contributed by atoms with Crippen LogP contribution < -0.4 is 4.74 Å². The van der Waals surface area contributed by atoms with E-state index in [1.165, 1.54) is 20.3 Å². The lowest BCUT2D eigenvalue weighted by atomic mass is 10.0. The molecular formula is C15H14O6. The largest absolute Gasteiger partial charge is 0.497 e. The summed E-state index contributed by atoms with van der Waals surface area (Å²) in [5, 5.41) is 0. The molecule has 21 heavy (non-hydrogen) atoms. The Bertz CT molecular complexity index is 624. The highest BCUT2D eigenvalue weighted by Crippen LogP contribution is 2.31. The van der Waals surface area contributed by atoms with Crippen LogP contribution >= 0.6 is 0 Å². The molecule has 0 saturated heterocycles. The van der Waals surface area contributed by atoms with Crippen LogP contribution in [-0.4, -0.2) is 33.3 Å². The average Bonchev–Trinajstić information content (AvgIpc) is 2.88. The van der Waals surface area contributed by atoms with Crippen LogP contribution in [0.25, 0.3) is 5.57 Å². The number of carbonyl (C=O) groups is 2. The second kappa shape index (κ2) is 6.13. The Morgan fingerprint density at radius 3 is 2.24 bits per heavy atom. The molecule has 0 unspecified atom stereocenters. The zero-order chi connectivity index (χ0) is 15.4. The molecular weight excluding hydrogens is 276 g/mol. The van der Waals surface area contributed by atoms with Gasteiger partial charge in [-0.05, 0) is 17.7 Å². The molecule has 0 spiro atoms. The van der Waals surface area contributed by atoms with Gasteiger partial charge in [-0.1, -0.05) is 12.1 Å². The molecule has 1 heterocycles. The molecule has 0 amide bonds. The van der Waals surface area contributed by atoms with Crippen molar-refractivity contribution in [1.82, 2.24) is 0 Å². The number of esters is 2. The fraction of sp³-hybridized carbons (Fsp3) is 0.200. The first kappa shape index (κ1) is 14.6. The molecule has 0 atom stereocenters. The molecule has 1 aromatic carbocycles. The second-order valence-corrected chi connectivity index (χ2v) is 4.06. The first-order valence-corrected chi connectivity index (χ1v) is 6.05. The standard InChI is InChI=1S/C15H14O6/c1-18-10-6-4-9(5-7-10)13(15(17)20-3)14-11(19-2)8-12(16)21-14/h4-8H,1-3H3/b14-13+. The summed E-state index contributed by atoms with van der Waals surface area (Å²) < 4.78 is 19.9. The van der Waals surface area contributed by atoms with E-state index in [-0.39, 0.29) is 17.1 Å². The van der Waals surface area contributed by atoms with E-state index in [4.69, 9.17) is 18.9 Å². The van der Waals surface area contributed by atoms with Gasteiger partial charge in [-0.25, -0.2) is 9.59 Å². The summed E-state index contributed by atoms with van der Waals surface area (Å²) in [7, 11) is 4.18. The highest BCUT2D eigenvalue weighted by molar-refractivity contribution is 6.18. The first-order valence-electron chi connectivity index (χ1n) is 6.05. The lowest BCUT2D eigenvalue weighted by molar-refractivity contribution is -0.134. The Morgan fingerprint density at radius 2 is 1.71 bits per heavy atom. The van der Waals surface area contributed by atoms with Gasteiger partial charge in [-0.15, -0.1) is 0 Å². The van der Waals surface area contributed by atoms with E-state index in [9.17, 15) is 9.59 Å². The van der Waals surface area contributed by atoms with E-state index < -0.39 is 11.9 Å². The molecule has 0 bridgehead atoms. The maximum atomic E-state index is 12.0. The summed E-state index contributed by atoms with van der Waals surface area (Å²) in [6.07, 6.45) is 1.17. The number of benzene rings is 1. The van der Waals surface area contributed by atoms with Crippen LogP contribution in [0.1, 0.15) is 5.56 Å². The number of cyclic esters (lactones) is 1. The van der Waals surface area contributed by atoms with Gasteiger partial charge in [-0.2, -0.15) is 0 Å². The van der Waals surface area contributed by atoms with Crippen LogP contribution in [0, 0.1) is 0 Å². The van der Waals surface area contributed by atoms with Crippen molar-refractivity contribution in [2.24, 2.45) is 0 Å². The minimum Gasteiger partial charge on any atom is -0.497 e. The lowest BCUT2D eigenvalue weighted by Gasteiger charge is -2.11. The van der Waals surface area contributed by atoms with E-state index in [1.807, 2.05) is 0 Å². The summed E-state index contributed by atoms with van der Waals surface area (Å²) in [6.45, 7) is 0. The van der Waals surface area contributed by atoms with E-state index in [0.717, 1.165) is 0 Å². The van der Waals surface area contributed by atoms with Crippen molar-refractivity contribution in [2.75, 3.05) is 21.3 Å². The molecule has 2 rings (SSSR count). The van der Waals surface area contributed by atoms with E-state index in [1.54, 1.807) is 31.4 Å². The predicted octanol–water partition coefficient (Wildman–Crippen LogP) is 1.67. The number of carbonyl (C=O) groups excluding carboxylic acids is 2. The Kier molecular flexibility index (Phi) is 4.27. The summed E-state index contributed by atoms with van der Waals surface area (Å²) in [5.41, 5.74) is 0.634. The SMILES string of the molecule is COC(=O)/C(=C1/OC(=O)C=C1OC)c1ccc(OC)cc1. The highest BCUT2D eigenvalue weighted by Gasteiger charge is 2.30. The molecule has 0 fully saturated rings. The van der Waals surface area contributed by atoms with Crippen LogP contribution in [0.3, 0.4) is 0 Å². The van der Waals surface area contributed by atoms with Crippen molar-refractivity contribution in [2.45, 2.75) is 0 Å². The number of methoxy groups -OCH3 is 3. The number of hydrogen-bond acceptors (Lipinski definition) is 6. The smallest absolute Gasteiger partial charge is 0.342 e. The third-order valence-electron chi connectivity index (χ3n) is 2.89. The monoisotopic (exact) mass is 290 g/mol. The molecule has 110 valence electrons. The lowest BCUT2D eigenvalue weighted by Crippen LogP contribution is -2.09. The zero-order valence-corrected chi connectivity index (χ0v) is 11.8. The highest BCUT2D eigenvalue weighted by atomic mass is 16.6. The van der Waals surface area contributed by atoms with Crippen LogP contribution in [0.2, 0.25) is 0 Å². The fourth-order valence-corrected chi connectivity index (χ4v) is 1.88. The number of rotatable bonds is 4. The third-order valence-corrected chi connectivity index (χ3v) is 2.89. The van der Waals surface area contributed by atoms with Gasteiger partial charge in [0.25, 0.3) is 0 Å². The van der Waals surface area contributed by atoms with Crippen molar-refractivity contribution in [3.63, 3.8) is 0 Å². The van der Waals surface area contributed by atoms with Gasteiger partial charge in [0.05, 0.1) is 27.4 Å². The summed E-state index contributed by atoms with van der Waals surface area (Å²) >= 11 is 0. The predicted molar refractivity (Wildman–Crippen MR) is 73.1 cm³/mol. The summed E-state index contributed by atoms with van der Waals surface area (Å²) in [4.78, 5) is 23.4. The van der Waals surface area contributed by atoms with E-state index in [0.29, 0.717) is 11.3 Å². The zero-order valence-electron chi connectivity index (χ0n) is 11.8. The minimum absolute atomic E-state index is 0.0412. The molecule has 1 aliphatic rings. The minimum atomic E-state index is -0.632. The Balaban J connectivity index is 2.55. The van der Waals surface area contributed by atoms with Gasteiger partial charge in [0.1, 0.15) is 11.3 Å². The molecule has 0 radical (unpaired) electrons. The molecule has 6 nitrogen and oxygen atoms in total. The summed E-state index contributed by atoms with van der Waals surface area (Å²) in [5.74, 6) is -0.376. The maximum absolute atomic E-state index is 12.0. The van der Waals surface area contributed by atoms with Crippen molar-refractivity contribution >= 4 is 17.5 Å². The van der Waals surface area contributed by atoms with E-state index >= 15 is 0 Å². The van der Waals surface area contributed by atoms with Crippen molar-refractivity contribution in [3.8, 4) is 5.75 Å². The third kappa shape index (κ3) is 2.89. The molecule has 0 N–H and O–H groups in total.